The van der Waals surface area contributed by atoms with Crippen LogP contribution in [0.3, 0.4) is 0 Å². The topological polar surface area (TPSA) is 75.4 Å². The molecule has 0 aliphatic rings. The zero-order valence-electron chi connectivity index (χ0n) is 9.87. The Morgan fingerprint density at radius 2 is 2.12 bits per heavy atom. The predicted octanol–water partition coefficient (Wildman–Crippen LogP) is 1.17. The van der Waals surface area contributed by atoms with Gasteiger partial charge in [0.2, 0.25) is 0 Å². The SMILES string of the molecule is Cc1cccc(C(=O)NCC(C)(C)N)c1O. The van der Waals surface area contributed by atoms with Gasteiger partial charge in [0.05, 0.1) is 5.56 Å². The van der Waals surface area contributed by atoms with Gasteiger partial charge in [0, 0.05) is 12.1 Å². The Morgan fingerprint density at radius 3 is 2.69 bits per heavy atom. The van der Waals surface area contributed by atoms with Crippen LogP contribution in [0.4, 0.5) is 0 Å². The standard InChI is InChI=1S/C12H18N2O2/c1-8-5-4-6-9(10(8)15)11(16)14-7-12(2,3)13/h4-6,15H,7,13H2,1-3H3,(H,14,16). The third-order valence-electron chi connectivity index (χ3n) is 2.19. The number of para-hydroxylation sites is 1. The van der Waals surface area contributed by atoms with Gasteiger partial charge >= 0.3 is 0 Å². The number of amides is 1. The van der Waals surface area contributed by atoms with E-state index in [1.165, 1.54) is 0 Å². The molecule has 0 atom stereocenters. The van der Waals surface area contributed by atoms with Crippen LogP contribution in [-0.4, -0.2) is 23.1 Å². The molecular weight excluding hydrogens is 204 g/mol. The van der Waals surface area contributed by atoms with Gasteiger partial charge in [-0.2, -0.15) is 0 Å². The van der Waals surface area contributed by atoms with Crippen molar-refractivity contribution in [2.24, 2.45) is 5.73 Å². The number of phenolic OH excluding ortho intramolecular Hbond substituents is 1. The van der Waals surface area contributed by atoms with E-state index in [1.807, 2.05) is 13.8 Å². The Bertz CT molecular complexity index is 394. The summed E-state index contributed by atoms with van der Waals surface area (Å²) in [6, 6.07) is 5.07. The van der Waals surface area contributed by atoms with Gasteiger partial charge in [-0.25, -0.2) is 0 Å². The summed E-state index contributed by atoms with van der Waals surface area (Å²) in [5.74, 6) is -0.283. The molecule has 4 heteroatoms. The molecule has 88 valence electrons. The summed E-state index contributed by atoms with van der Waals surface area (Å²) in [6.07, 6.45) is 0. The molecule has 0 fully saturated rings. The number of hydrogen-bond acceptors (Lipinski definition) is 3. The summed E-state index contributed by atoms with van der Waals surface area (Å²) in [7, 11) is 0. The van der Waals surface area contributed by atoms with E-state index in [4.69, 9.17) is 5.73 Å². The Balaban J connectivity index is 2.78. The van der Waals surface area contributed by atoms with Crippen molar-refractivity contribution in [2.75, 3.05) is 6.54 Å². The van der Waals surface area contributed by atoms with Crippen molar-refractivity contribution < 1.29 is 9.90 Å². The van der Waals surface area contributed by atoms with Crippen molar-refractivity contribution in [3.63, 3.8) is 0 Å². The molecule has 0 spiro atoms. The summed E-state index contributed by atoms with van der Waals surface area (Å²) in [6.45, 7) is 5.75. The highest BCUT2D eigenvalue weighted by molar-refractivity contribution is 5.97. The highest BCUT2D eigenvalue weighted by Gasteiger charge is 2.16. The molecule has 0 bridgehead atoms. The highest BCUT2D eigenvalue weighted by atomic mass is 16.3. The minimum Gasteiger partial charge on any atom is -0.507 e. The number of carbonyl (C=O) groups is 1. The van der Waals surface area contributed by atoms with Crippen molar-refractivity contribution in [3.05, 3.63) is 29.3 Å². The van der Waals surface area contributed by atoms with Gasteiger partial charge in [-0.15, -0.1) is 0 Å². The van der Waals surface area contributed by atoms with E-state index < -0.39 is 5.54 Å². The number of phenols is 1. The van der Waals surface area contributed by atoms with Crippen LogP contribution in [0.25, 0.3) is 0 Å². The second-order valence-corrected chi connectivity index (χ2v) is 4.64. The molecule has 16 heavy (non-hydrogen) atoms. The number of aromatic hydroxyl groups is 1. The Hall–Kier alpha value is -1.55. The van der Waals surface area contributed by atoms with Crippen LogP contribution in [0.5, 0.6) is 5.75 Å². The third kappa shape index (κ3) is 3.24. The normalized spacial score (nSPS) is 11.2. The highest BCUT2D eigenvalue weighted by Crippen LogP contribution is 2.21. The molecule has 4 nitrogen and oxygen atoms in total. The largest absolute Gasteiger partial charge is 0.507 e. The lowest BCUT2D eigenvalue weighted by Gasteiger charge is -2.19. The maximum atomic E-state index is 11.7. The molecule has 4 N–H and O–H groups in total. The molecule has 0 aliphatic carbocycles. The molecule has 1 amide bonds. The van der Waals surface area contributed by atoms with Gasteiger partial charge in [-0.1, -0.05) is 12.1 Å². The van der Waals surface area contributed by atoms with Gasteiger partial charge in [-0.3, -0.25) is 4.79 Å². The maximum Gasteiger partial charge on any atom is 0.255 e. The Kier molecular flexibility index (Phi) is 3.55. The number of nitrogens with two attached hydrogens (primary N) is 1. The fraction of sp³-hybridized carbons (Fsp3) is 0.417. The lowest BCUT2D eigenvalue weighted by molar-refractivity contribution is 0.0943. The van der Waals surface area contributed by atoms with Gasteiger partial charge in [0.1, 0.15) is 5.75 Å². The van der Waals surface area contributed by atoms with Crippen molar-refractivity contribution in [1.82, 2.24) is 5.32 Å². The molecule has 0 aromatic heterocycles. The average Bonchev–Trinajstić information content (AvgIpc) is 2.17. The van der Waals surface area contributed by atoms with Gasteiger partial charge < -0.3 is 16.2 Å². The number of rotatable bonds is 3. The molecule has 0 unspecified atom stereocenters. The van der Waals surface area contributed by atoms with Crippen molar-refractivity contribution in [1.29, 1.82) is 0 Å². The van der Waals surface area contributed by atoms with E-state index in [9.17, 15) is 9.90 Å². The first-order valence-corrected chi connectivity index (χ1v) is 5.17. The minimum atomic E-state index is -0.463. The average molecular weight is 222 g/mol. The number of hydrogen-bond donors (Lipinski definition) is 3. The summed E-state index contributed by atoms with van der Waals surface area (Å²) >= 11 is 0. The minimum absolute atomic E-state index is 0.0230. The zero-order valence-corrected chi connectivity index (χ0v) is 9.87. The molecular formula is C12H18N2O2. The summed E-state index contributed by atoms with van der Waals surface area (Å²) < 4.78 is 0. The predicted molar refractivity (Wildman–Crippen MR) is 63.4 cm³/mol. The summed E-state index contributed by atoms with van der Waals surface area (Å²) in [4.78, 5) is 11.7. The first-order chi connectivity index (χ1) is 7.31. The quantitative estimate of drug-likeness (QED) is 0.718. The van der Waals surface area contributed by atoms with Crippen LogP contribution in [0, 0.1) is 6.92 Å². The van der Waals surface area contributed by atoms with Crippen LogP contribution < -0.4 is 11.1 Å². The molecule has 0 saturated carbocycles. The van der Waals surface area contributed by atoms with Crippen molar-refractivity contribution in [3.8, 4) is 5.75 Å². The third-order valence-corrected chi connectivity index (χ3v) is 2.19. The van der Waals surface area contributed by atoms with E-state index in [1.54, 1.807) is 25.1 Å². The van der Waals surface area contributed by atoms with Crippen molar-refractivity contribution >= 4 is 5.91 Å². The van der Waals surface area contributed by atoms with Crippen LogP contribution in [-0.2, 0) is 0 Å². The Morgan fingerprint density at radius 1 is 1.50 bits per heavy atom. The van der Waals surface area contributed by atoms with E-state index in [2.05, 4.69) is 5.32 Å². The van der Waals surface area contributed by atoms with Gasteiger partial charge in [0.15, 0.2) is 0 Å². The van der Waals surface area contributed by atoms with Crippen LogP contribution in [0.15, 0.2) is 18.2 Å². The molecule has 1 aromatic carbocycles. The maximum absolute atomic E-state index is 11.7. The number of benzene rings is 1. The Labute approximate surface area is 95.5 Å². The van der Waals surface area contributed by atoms with Crippen LogP contribution in [0.1, 0.15) is 29.8 Å². The summed E-state index contributed by atoms with van der Waals surface area (Å²) in [5.41, 5.74) is 6.25. The van der Waals surface area contributed by atoms with E-state index in [0.29, 0.717) is 12.1 Å². The zero-order chi connectivity index (χ0) is 12.3. The van der Waals surface area contributed by atoms with Gasteiger partial charge in [-0.05, 0) is 32.4 Å². The number of nitrogens with one attached hydrogen (secondary N) is 1. The first-order valence-electron chi connectivity index (χ1n) is 5.17. The van der Waals surface area contributed by atoms with Crippen molar-refractivity contribution in [2.45, 2.75) is 26.3 Å². The fourth-order valence-corrected chi connectivity index (χ4v) is 1.25. The number of carbonyl (C=O) groups excluding carboxylic acids is 1. The monoisotopic (exact) mass is 222 g/mol. The second-order valence-electron chi connectivity index (χ2n) is 4.64. The molecule has 0 aliphatic heterocycles. The lowest BCUT2D eigenvalue weighted by atomic mass is 10.1. The van der Waals surface area contributed by atoms with E-state index in [0.717, 1.165) is 0 Å². The molecule has 1 rings (SSSR count). The van der Waals surface area contributed by atoms with Crippen LogP contribution >= 0.6 is 0 Å². The second kappa shape index (κ2) is 4.53. The fourth-order valence-electron chi connectivity index (χ4n) is 1.25. The van der Waals surface area contributed by atoms with E-state index >= 15 is 0 Å². The lowest BCUT2D eigenvalue weighted by Crippen LogP contribution is -2.45. The van der Waals surface area contributed by atoms with Crippen LogP contribution in [0.2, 0.25) is 0 Å². The smallest absolute Gasteiger partial charge is 0.255 e. The van der Waals surface area contributed by atoms with E-state index in [-0.39, 0.29) is 17.2 Å². The number of aryl methyl sites for hydroxylation is 1. The first kappa shape index (κ1) is 12.5. The summed E-state index contributed by atoms with van der Waals surface area (Å²) in [5, 5.41) is 12.4. The molecule has 0 radical (unpaired) electrons. The molecule has 0 heterocycles. The molecule has 1 aromatic rings. The van der Waals surface area contributed by atoms with Gasteiger partial charge in [0.25, 0.3) is 5.91 Å². The molecule has 0 saturated heterocycles.